The van der Waals surface area contributed by atoms with Gasteiger partial charge in [-0.15, -0.1) is 0 Å². The van der Waals surface area contributed by atoms with Gasteiger partial charge in [0.2, 0.25) is 17.5 Å². The summed E-state index contributed by atoms with van der Waals surface area (Å²) in [6, 6.07) is 18.9. The van der Waals surface area contributed by atoms with E-state index in [1.54, 1.807) is 12.1 Å². The summed E-state index contributed by atoms with van der Waals surface area (Å²) < 4.78 is 53.8. The first-order valence-electron chi connectivity index (χ1n) is 29.8. The van der Waals surface area contributed by atoms with Crippen LogP contribution in [-0.4, -0.2) is 145 Å². The Balaban J connectivity index is 0.980. The molecule has 0 saturated carbocycles. The number of anilines is 1. The first-order valence-corrected chi connectivity index (χ1v) is 31.8. The molecule has 1 aliphatic carbocycles. The summed E-state index contributed by atoms with van der Waals surface area (Å²) in [4.78, 5) is 73.2. The highest BCUT2D eigenvalue weighted by Gasteiger charge is 2.44. The zero-order chi connectivity index (χ0) is 63.2. The summed E-state index contributed by atoms with van der Waals surface area (Å²) in [5, 5.41) is 37.3. The number of amides is 4. The molecule has 87 heavy (non-hydrogen) atoms. The summed E-state index contributed by atoms with van der Waals surface area (Å²) in [6.07, 6.45) is 15.7. The van der Waals surface area contributed by atoms with Crippen LogP contribution >= 0.6 is 12.6 Å². The third-order valence-electron chi connectivity index (χ3n) is 15.6. The van der Waals surface area contributed by atoms with Crippen LogP contribution in [0.1, 0.15) is 129 Å². The minimum Gasteiger partial charge on any atom is -0.481 e. The second-order valence-corrected chi connectivity index (χ2v) is 24.6. The number of ether oxygens (including phenoxy) is 3. The van der Waals surface area contributed by atoms with Crippen LogP contribution in [0.2, 0.25) is 0 Å². The van der Waals surface area contributed by atoms with Crippen molar-refractivity contribution < 1.29 is 75.8 Å². The molecule has 4 amide bonds. The van der Waals surface area contributed by atoms with Crippen molar-refractivity contribution in [2.45, 2.75) is 145 Å². The summed E-state index contributed by atoms with van der Waals surface area (Å²) >= 11 is 4.49. The van der Waals surface area contributed by atoms with Gasteiger partial charge in [0.15, 0.2) is 5.71 Å². The highest BCUT2D eigenvalue weighted by molar-refractivity contribution is 7.85. The molecule has 3 aliphatic rings. The molecule has 0 fully saturated rings. The minimum absolute atomic E-state index is 0.00706. The lowest BCUT2D eigenvalue weighted by Gasteiger charge is -2.27. The standard InChI is InChI=1S/C64H84N6O15S2/c1-63(2)48-19-7-9-22-52(48)69(37-13-5-6-24-56(71)66-36-39-83-40-41-84-43-57(72)65-35-12-11-21-50(60(75)76)67-62(79)68-51(61(77)78)31-34-58(73)74)54(63)32-25-44-17-16-18-45(59(44)85-46-27-29-47(30-28-46)87(80,81)82)26-33-55-64(3,4)49-20-8-10-23-53(49)70(55)38-14-15-42-86/h7-10,19-20,22-23,25-30,32-33,50-51H,5-6,11-18,21,24,31,34-43H2,1-4H3,(H8-,65,66,67,68,71,72,73,74,75,76,77,78,79,80,81,82,86)/p+1/t50-,51-/m0/s1. The molecular formula is C64H85N6O15S2+. The average Bonchev–Trinajstić information content (AvgIpc) is 1.66. The lowest BCUT2D eigenvalue weighted by molar-refractivity contribution is -0.438. The molecule has 0 bridgehead atoms. The van der Waals surface area contributed by atoms with Crippen molar-refractivity contribution in [1.82, 2.24) is 21.3 Å². The van der Waals surface area contributed by atoms with E-state index in [9.17, 15) is 52.0 Å². The Labute approximate surface area is 515 Å². The smallest absolute Gasteiger partial charge is 0.326 e. The van der Waals surface area contributed by atoms with Crippen molar-refractivity contribution >= 4 is 75.6 Å². The van der Waals surface area contributed by atoms with Crippen LogP contribution in [0, 0.1) is 0 Å². The number of carbonyl (C=O) groups is 6. The molecule has 0 unspecified atom stereocenters. The van der Waals surface area contributed by atoms with Crippen molar-refractivity contribution in [3.63, 3.8) is 0 Å². The van der Waals surface area contributed by atoms with E-state index < -0.39 is 58.5 Å². The second-order valence-electron chi connectivity index (χ2n) is 22.7. The molecular weight excluding hydrogens is 1160 g/mol. The molecule has 2 aliphatic heterocycles. The van der Waals surface area contributed by atoms with E-state index in [4.69, 9.17) is 19.3 Å². The molecule has 0 saturated heterocycles. The van der Waals surface area contributed by atoms with Gasteiger partial charge in [-0.25, -0.2) is 14.4 Å². The van der Waals surface area contributed by atoms with Crippen LogP contribution in [0.5, 0.6) is 5.75 Å². The van der Waals surface area contributed by atoms with Gasteiger partial charge in [-0.1, -0.05) is 56.3 Å². The predicted molar refractivity (Wildman–Crippen MR) is 334 cm³/mol. The summed E-state index contributed by atoms with van der Waals surface area (Å²) in [6.45, 7) is 11.5. The lowest BCUT2D eigenvalue weighted by atomic mass is 9.81. The highest BCUT2D eigenvalue weighted by Crippen LogP contribution is 2.48. The van der Waals surface area contributed by atoms with Crippen molar-refractivity contribution in [1.29, 1.82) is 0 Å². The maximum atomic E-state index is 12.8. The quantitative estimate of drug-likeness (QED) is 0.0114. The van der Waals surface area contributed by atoms with Gasteiger partial charge in [-0.05, 0) is 149 Å². The Hall–Kier alpha value is -7.31. The molecule has 8 N–H and O–H groups in total. The Morgan fingerprint density at radius 3 is 2.08 bits per heavy atom. The number of fused-ring (bicyclic) bond motifs is 2. The van der Waals surface area contributed by atoms with E-state index in [-0.39, 0.29) is 67.4 Å². The third kappa shape index (κ3) is 20.1. The van der Waals surface area contributed by atoms with Crippen molar-refractivity contribution in [2.24, 2.45) is 0 Å². The molecule has 0 spiro atoms. The number of nitrogens with one attached hydrogen (secondary N) is 4. The first kappa shape index (κ1) is 68.8. The zero-order valence-electron chi connectivity index (χ0n) is 50.2. The molecule has 2 heterocycles. The predicted octanol–water partition coefficient (Wildman–Crippen LogP) is 8.77. The number of allylic oxidation sites excluding steroid dienone is 7. The number of para-hydroxylation sites is 2. The summed E-state index contributed by atoms with van der Waals surface area (Å²) in [7, 11) is -4.40. The van der Waals surface area contributed by atoms with Gasteiger partial charge in [0.05, 0.1) is 30.1 Å². The van der Waals surface area contributed by atoms with E-state index in [1.165, 1.54) is 34.6 Å². The van der Waals surface area contributed by atoms with Crippen LogP contribution in [-0.2, 0) is 54.4 Å². The molecule has 3 aromatic rings. The molecule has 2 atom stereocenters. The second kappa shape index (κ2) is 33.2. The molecule has 0 radical (unpaired) electrons. The Bertz CT molecular complexity index is 3190. The number of carboxylic acids is 3. The van der Waals surface area contributed by atoms with Gasteiger partial charge in [-0.3, -0.25) is 18.9 Å². The number of carbonyl (C=O) groups excluding carboxylic acids is 3. The normalized spacial score (nSPS) is 16.8. The minimum atomic E-state index is -4.40. The van der Waals surface area contributed by atoms with E-state index in [0.29, 0.717) is 43.7 Å². The molecule has 0 aromatic heterocycles. The van der Waals surface area contributed by atoms with Gasteiger partial charge in [0.1, 0.15) is 36.7 Å². The Kier molecular flexibility index (Phi) is 26.2. The first-order chi connectivity index (χ1) is 41.5. The van der Waals surface area contributed by atoms with E-state index in [2.05, 4.69) is 144 Å². The molecule has 23 heteroatoms. The van der Waals surface area contributed by atoms with E-state index in [1.807, 2.05) is 0 Å². The third-order valence-corrected chi connectivity index (χ3v) is 16.8. The Morgan fingerprint density at radius 1 is 0.701 bits per heavy atom. The van der Waals surface area contributed by atoms with E-state index >= 15 is 0 Å². The molecule has 21 nitrogen and oxygen atoms in total. The summed E-state index contributed by atoms with van der Waals surface area (Å²) in [5.74, 6) is -2.54. The van der Waals surface area contributed by atoms with Gasteiger partial charge < -0.3 is 55.7 Å². The van der Waals surface area contributed by atoms with Gasteiger partial charge in [-0.2, -0.15) is 25.6 Å². The number of unbranched alkanes of at least 4 members (excludes halogenated alkanes) is 4. The fourth-order valence-corrected chi connectivity index (χ4v) is 11.7. The number of hydrogen-bond donors (Lipinski definition) is 9. The lowest BCUT2D eigenvalue weighted by Crippen LogP contribution is -2.51. The fraction of sp³-hybridized carbons (Fsp3) is 0.484. The van der Waals surface area contributed by atoms with Gasteiger partial charge in [0.25, 0.3) is 10.1 Å². The van der Waals surface area contributed by atoms with Crippen LogP contribution in [0.15, 0.2) is 125 Å². The van der Waals surface area contributed by atoms with Crippen LogP contribution in [0.4, 0.5) is 16.2 Å². The maximum Gasteiger partial charge on any atom is 0.326 e. The van der Waals surface area contributed by atoms with Gasteiger partial charge >= 0.3 is 23.9 Å². The molecule has 472 valence electrons. The van der Waals surface area contributed by atoms with Crippen molar-refractivity contribution in [3.8, 4) is 5.75 Å². The largest absolute Gasteiger partial charge is 0.481 e. The van der Waals surface area contributed by atoms with Crippen molar-refractivity contribution in [3.05, 3.63) is 131 Å². The number of rotatable bonds is 36. The molecule has 6 rings (SSSR count). The van der Waals surface area contributed by atoms with Gasteiger partial charge in [0, 0.05) is 73.4 Å². The van der Waals surface area contributed by atoms with Crippen LogP contribution < -0.4 is 30.9 Å². The highest BCUT2D eigenvalue weighted by atomic mass is 32.2. The van der Waals surface area contributed by atoms with Crippen LogP contribution in [0.25, 0.3) is 0 Å². The summed E-state index contributed by atoms with van der Waals surface area (Å²) in [5.41, 5.74) is 8.61. The van der Waals surface area contributed by atoms with Crippen LogP contribution in [0.3, 0.4) is 0 Å². The number of nitrogens with zero attached hydrogens (tertiary/aromatic N) is 2. The average molecular weight is 1240 g/mol. The van der Waals surface area contributed by atoms with E-state index in [0.717, 1.165) is 86.3 Å². The number of thiol groups is 1. The maximum absolute atomic E-state index is 12.8. The number of urea groups is 1. The Morgan fingerprint density at radius 2 is 1.38 bits per heavy atom. The number of hydrogen-bond acceptors (Lipinski definition) is 13. The number of aliphatic carboxylic acids is 3. The zero-order valence-corrected chi connectivity index (χ0v) is 51.9. The fourth-order valence-electron chi connectivity index (χ4n) is 11.0. The van der Waals surface area contributed by atoms with Crippen molar-refractivity contribution in [2.75, 3.05) is 63.3 Å². The monoisotopic (exact) mass is 1240 g/mol. The number of carboxylic acid groups (broad SMARTS) is 3. The SMILES string of the molecule is CC1(C)C(/C=C/C2=C(Oc3ccc(S(=O)(=O)O)cc3)C(=C/C=C3/N(CCCCS)c4ccccc4C3(C)C)/CCC2)=[N+](CCCCCC(=O)NCCOCCOCC(=O)NCCCC[C@H](NC(=O)N[C@@H](CCC(=O)O)C(=O)O)C(=O)O)c2ccccc21. The number of benzene rings is 3. The topological polar surface area (TPSA) is 300 Å². The molecule has 3 aromatic carbocycles.